The second-order valence-corrected chi connectivity index (χ2v) is 9.46. The summed E-state index contributed by atoms with van der Waals surface area (Å²) in [6, 6.07) is 9.94. The summed E-state index contributed by atoms with van der Waals surface area (Å²) in [6.45, 7) is -0.539. The minimum Gasteiger partial charge on any atom is -0.493 e. The molecule has 8 atom stereocenters. The molecule has 0 saturated carbocycles. The molecule has 2 saturated heterocycles. The van der Waals surface area contributed by atoms with Crippen molar-refractivity contribution in [2.24, 2.45) is 11.8 Å². The average Bonchev–Trinajstić information content (AvgIpc) is 3.32. The van der Waals surface area contributed by atoms with Gasteiger partial charge in [0.1, 0.15) is 24.4 Å². The van der Waals surface area contributed by atoms with E-state index in [-0.39, 0.29) is 24.5 Å². The van der Waals surface area contributed by atoms with Crippen LogP contribution in [-0.4, -0.2) is 96.8 Å². The molecule has 214 valence electrons. The van der Waals surface area contributed by atoms with Crippen LogP contribution in [0.1, 0.15) is 17.2 Å². The summed E-state index contributed by atoms with van der Waals surface area (Å²) in [6.07, 6.45) is -7.95. The Balaban J connectivity index is 1.50. The predicted octanol–water partition coefficient (Wildman–Crippen LogP) is -0.0436. The van der Waals surface area contributed by atoms with E-state index in [9.17, 15) is 30.3 Å². The molecule has 0 bridgehead atoms. The van der Waals surface area contributed by atoms with Crippen LogP contribution in [0.15, 0.2) is 36.4 Å². The maximum atomic E-state index is 12.6. The molecule has 0 amide bonds. The van der Waals surface area contributed by atoms with Crippen LogP contribution in [0, 0.1) is 11.8 Å². The SMILES string of the molecule is COc1ccc([C@H](O)[C@H]2COC(=O)[C@@H]2Cc2ccc(O[C@@H]3O[C@H](CO)[C@@H](O)[C@H](O)[C@H]3O)c(OC)c2)cc1OC. The highest BCUT2D eigenvalue weighted by Crippen LogP contribution is 2.40. The van der Waals surface area contributed by atoms with Gasteiger partial charge in [0.05, 0.1) is 46.6 Å². The van der Waals surface area contributed by atoms with E-state index < -0.39 is 61.2 Å². The largest absolute Gasteiger partial charge is 0.493 e. The lowest BCUT2D eigenvalue weighted by molar-refractivity contribution is -0.277. The number of carbonyl (C=O) groups is 1. The molecule has 2 heterocycles. The average molecular weight is 551 g/mol. The van der Waals surface area contributed by atoms with Crippen LogP contribution in [0.5, 0.6) is 23.0 Å². The molecule has 0 aliphatic carbocycles. The highest BCUT2D eigenvalue weighted by Gasteiger charge is 2.45. The zero-order valence-corrected chi connectivity index (χ0v) is 21.8. The van der Waals surface area contributed by atoms with Crippen molar-refractivity contribution in [2.45, 2.75) is 43.2 Å². The Morgan fingerprint density at radius 3 is 2.23 bits per heavy atom. The molecule has 12 nitrogen and oxygen atoms in total. The second kappa shape index (κ2) is 12.4. The molecule has 39 heavy (non-hydrogen) atoms. The van der Waals surface area contributed by atoms with E-state index in [1.807, 2.05) is 0 Å². The second-order valence-electron chi connectivity index (χ2n) is 9.46. The van der Waals surface area contributed by atoms with Gasteiger partial charge in [-0.3, -0.25) is 4.79 Å². The summed E-state index contributed by atoms with van der Waals surface area (Å²) in [7, 11) is 4.42. The van der Waals surface area contributed by atoms with Crippen LogP contribution in [0.3, 0.4) is 0 Å². The van der Waals surface area contributed by atoms with Crippen molar-refractivity contribution in [3.05, 3.63) is 47.5 Å². The minimum absolute atomic E-state index is 0.0500. The lowest BCUT2D eigenvalue weighted by atomic mass is 9.83. The molecule has 2 aromatic rings. The van der Waals surface area contributed by atoms with Crippen molar-refractivity contribution in [2.75, 3.05) is 34.5 Å². The quantitative estimate of drug-likeness (QED) is 0.250. The third-order valence-electron chi connectivity index (χ3n) is 7.17. The van der Waals surface area contributed by atoms with E-state index in [0.29, 0.717) is 22.6 Å². The van der Waals surface area contributed by atoms with Crippen LogP contribution in [0.4, 0.5) is 0 Å². The molecule has 4 rings (SSSR count). The Kier molecular flexibility index (Phi) is 9.15. The first kappa shape index (κ1) is 28.9. The number of esters is 1. The zero-order valence-electron chi connectivity index (χ0n) is 21.8. The molecule has 0 unspecified atom stereocenters. The Labute approximate surface area is 225 Å². The first-order valence-corrected chi connectivity index (χ1v) is 12.4. The van der Waals surface area contributed by atoms with E-state index >= 15 is 0 Å². The summed E-state index contributed by atoms with van der Waals surface area (Å²) in [5.41, 5.74) is 1.25. The topological polar surface area (TPSA) is 174 Å². The molecule has 2 aromatic carbocycles. The predicted molar refractivity (Wildman–Crippen MR) is 134 cm³/mol. The third-order valence-corrected chi connectivity index (χ3v) is 7.17. The molecule has 0 radical (unpaired) electrons. The van der Waals surface area contributed by atoms with E-state index in [0.717, 1.165) is 0 Å². The first-order valence-electron chi connectivity index (χ1n) is 12.4. The number of carbonyl (C=O) groups excluding carboxylic acids is 1. The maximum absolute atomic E-state index is 12.6. The van der Waals surface area contributed by atoms with Gasteiger partial charge in [-0.05, 0) is 41.8 Å². The van der Waals surface area contributed by atoms with Crippen molar-refractivity contribution in [1.29, 1.82) is 0 Å². The van der Waals surface area contributed by atoms with Crippen molar-refractivity contribution < 1.29 is 58.7 Å². The fourth-order valence-corrected chi connectivity index (χ4v) is 4.89. The molecule has 0 aromatic heterocycles. The fourth-order valence-electron chi connectivity index (χ4n) is 4.89. The van der Waals surface area contributed by atoms with Gasteiger partial charge in [0, 0.05) is 5.92 Å². The molecular weight excluding hydrogens is 516 g/mol. The number of hydrogen-bond donors (Lipinski definition) is 5. The lowest BCUT2D eigenvalue weighted by Gasteiger charge is -2.39. The lowest BCUT2D eigenvalue weighted by Crippen LogP contribution is -2.60. The highest BCUT2D eigenvalue weighted by atomic mass is 16.7. The summed E-state index contributed by atoms with van der Waals surface area (Å²) >= 11 is 0. The number of rotatable bonds is 10. The number of ether oxygens (including phenoxy) is 6. The number of benzene rings is 2. The highest BCUT2D eigenvalue weighted by molar-refractivity contribution is 5.75. The zero-order chi connectivity index (χ0) is 28.3. The van der Waals surface area contributed by atoms with Crippen LogP contribution < -0.4 is 18.9 Å². The molecule has 0 spiro atoms. The van der Waals surface area contributed by atoms with E-state index in [1.165, 1.54) is 21.3 Å². The van der Waals surface area contributed by atoms with Crippen molar-refractivity contribution in [3.63, 3.8) is 0 Å². The summed E-state index contributed by atoms with van der Waals surface area (Å²) in [5.74, 6) is -0.200. The van der Waals surface area contributed by atoms with Crippen LogP contribution in [0.25, 0.3) is 0 Å². The molecule has 2 fully saturated rings. The van der Waals surface area contributed by atoms with E-state index in [2.05, 4.69) is 0 Å². The molecule has 2 aliphatic rings. The molecule has 2 aliphatic heterocycles. The Bertz CT molecular complexity index is 1140. The van der Waals surface area contributed by atoms with Gasteiger partial charge in [0.15, 0.2) is 23.0 Å². The van der Waals surface area contributed by atoms with Gasteiger partial charge in [0.2, 0.25) is 6.29 Å². The van der Waals surface area contributed by atoms with E-state index in [1.54, 1.807) is 36.4 Å². The van der Waals surface area contributed by atoms with Crippen molar-refractivity contribution in [3.8, 4) is 23.0 Å². The third kappa shape index (κ3) is 5.91. The normalized spacial score (nSPS) is 29.4. The minimum atomic E-state index is -1.59. The maximum Gasteiger partial charge on any atom is 0.309 e. The van der Waals surface area contributed by atoms with Gasteiger partial charge >= 0.3 is 5.97 Å². The van der Waals surface area contributed by atoms with Crippen molar-refractivity contribution >= 4 is 5.97 Å². The Hall–Kier alpha value is -3.13. The van der Waals surface area contributed by atoms with Gasteiger partial charge in [-0.1, -0.05) is 12.1 Å². The van der Waals surface area contributed by atoms with Crippen LogP contribution in [0.2, 0.25) is 0 Å². The van der Waals surface area contributed by atoms with Gasteiger partial charge in [-0.25, -0.2) is 0 Å². The monoisotopic (exact) mass is 550 g/mol. The summed E-state index contributed by atoms with van der Waals surface area (Å²) in [4.78, 5) is 12.6. The number of aliphatic hydroxyl groups excluding tert-OH is 5. The molecular formula is C27H34O12. The fraction of sp³-hybridized carbons (Fsp3) is 0.519. The summed E-state index contributed by atoms with van der Waals surface area (Å²) < 4.78 is 32.4. The van der Waals surface area contributed by atoms with Gasteiger partial charge < -0.3 is 54.0 Å². The van der Waals surface area contributed by atoms with Crippen LogP contribution in [-0.2, 0) is 20.7 Å². The van der Waals surface area contributed by atoms with Crippen molar-refractivity contribution in [1.82, 2.24) is 0 Å². The number of aliphatic hydroxyl groups is 5. The molecule has 5 N–H and O–H groups in total. The first-order chi connectivity index (χ1) is 18.7. The standard InChI is InChI=1S/C27H34O12/c1-34-17-7-5-14(10-20(17)36-3)22(29)16-12-37-26(33)15(16)8-13-4-6-18(19(9-13)35-2)38-27-25(32)24(31)23(30)21(11-28)39-27/h4-7,9-10,15-16,21-25,27-32H,8,11-12H2,1-3H3/t15-,16+,21-,22+,23-,24+,25-,27-/m1/s1. The van der Waals surface area contributed by atoms with Crippen LogP contribution >= 0.6 is 0 Å². The number of hydrogen-bond acceptors (Lipinski definition) is 12. The Morgan fingerprint density at radius 1 is 0.897 bits per heavy atom. The van der Waals surface area contributed by atoms with E-state index in [4.69, 9.17) is 28.4 Å². The van der Waals surface area contributed by atoms with Gasteiger partial charge in [-0.15, -0.1) is 0 Å². The number of methoxy groups -OCH3 is 3. The number of cyclic esters (lactones) is 1. The van der Waals surface area contributed by atoms with Gasteiger partial charge in [0.25, 0.3) is 0 Å². The van der Waals surface area contributed by atoms with Gasteiger partial charge in [-0.2, -0.15) is 0 Å². The molecule has 12 heteroatoms. The smallest absolute Gasteiger partial charge is 0.309 e. The summed E-state index contributed by atoms with van der Waals surface area (Å²) in [5, 5.41) is 50.8. The Morgan fingerprint density at radius 2 is 1.56 bits per heavy atom.